The van der Waals surface area contributed by atoms with Gasteiger partial charge >= 0.3 is 0 Å². The molecule has 0 saturated carbocycles. The monoisotopic (exact) mass is 296 g/mol. The van der Waals surface area contributed by atoms with Gasteiger partial charge in [-0.25, -0.2) is 9.97 Å². The first-order chi connectivity index (χ1) is 9.67. The minimum absolute atomic E-state index is 0.0285. The van der Waals surface area contributed by atoms with Crippen LogP contribution in [0.15, 0.2) is 12.4 Å². The van der Waals surface area contributed by atoms with Crippen molar-refractivity contribution in [3.05, 3.63) is 17.3 Å². The van der Waals surface area contributed by atoms with Crippen molar-refractivity contribution in [3.63, 3.8) is 0 Å². The van der Waals surface area contributed by atoms with Crippen molar-refractivity contribution in [1.29, 1.82) is 0 Å². The molecule has 1 unspecified atom stereocenters. The second kappa shape index (κ2) is 6.60. The Labute approximate surface area is 119 Å². The first-order valence-corrected chi connectivity index (χ1v) is 6.88. The van der Waals surface area contributed by atoms with Crippen LogP contribution in [-0.2, 0) is 4.74 Å². The van der Waals surface area contributed by atoms with Crippen LogP contribution in [-0.4, -0.2) is 47.3 Å². The molecule has 0 aliphatic carbocycles. The molecule has 0 bridgehead atoms. The summed E-state index contributed by atoms with van der Waals surface area (Å²) in [6, 6.07) is -0.261. The van der Waals surface area contributed by atoms with Crippen molar-refractivity contribution >= 4 is 33.3 Å². The molecular formula is C12H16N4O3S. The lowest BCUT2D eigenvalue weighted by Gasteiger charge is -2.16. The highest BCUT2D eigenvalue weighted by Crippen LogP contribution is 2.30. The highest BCUT2D eigenvalue weighted by atomic mass is 32.1. The predicted molar refractivity (Wildman–Crippen MR) is 76.7 cm³/mol. The van der Waals surface area contributed by atoms with E-state index in [1.54, 1.807) is 6.20 Å². The SMILES string of the molecule is COCC(CCO)NC(=O)c1sc2nccnc2c1N. The largest absolute Gasteiger partial charge is 0.396 e. The molecule has 2 heterocycles. The Bertz CT molecular complexity index is 595. The van der Waals surface area contributed by atoms with Gasteiger partial charge in [-0.1, -0.05) is 0 Å². The summed E-state index contributed by atoms with van der Waals surface area (Å²) in [5.74, 6) is -0.303. The van der Waals surface area contributed by atoms with Crippen LogP contribution < -0.4 is 11.1 Å². The van der Waals surface area contributed by atoms with E-state index in [9.17, 15) is 4.79 Å². The van der Waals surface area contributed by atoms with E-state index in [1.807, 2.05) is 0 Å². The summed E-state index contributed by atoms with van der Waals surface area (Å²) >= 11 is 1.20. The minimum Gasteiger partial charge on any atom is -0.396 e. The Kier molecular flexibility index (Phi) is 4.83. The van der Waals surface area contributed by atoms with Crippen LogP contribution in [0.2, 0.25) is 0 Å². The van der Waals surface area contributed by atoms with E-state index in [2.05, 4.69) is 15.3 Å². The van der Waals surface area contributed by atoms with Gasteiger partial charge in [0.05, 0.1) is 18.3 Å². The van der Waals surface area contributed by atoms with E-state index < -0.39 is 0 Å². The van der Waals surface area contributed by atoms with Gasteiger partial charge in [0, 0.05) is 26.1 Å². The maximum Gasteiger partial charge on any atom is 0.263 e. The van der Waals surface area contributed by atoms with Crippen molar-refractivity contribution in [3.8, 4) is 0 Å². The summed E-state index contributed by atoms with van der Waals surface area (Å²) in [5, 5.41) is 11.8. The van der Waals surface area contributed by atoms with Crippen LogP contribution in [0.3, 0.4) is 0 Å². The molecule has 2 rings (SSSR count). The molecule has 2 aromatic rings. The van der Waals surface area contributed by atoms with E-state index in [0.29, 0.717) is 33.9 Å². The Morgan fingerprint density at radius 2 is 2.30 bits per heavy atom. The van der Waals surface area contributed by atoms with Crippen molar-refractivity contribution in [1.82, 2.24) is 15.3 Å². The number of anilines is 1. The third-order valence-corrected chi connectivity index (χ3v) is 3.85. The lowest BCUT2D eigenvalue weighted by atomic mass is 10.2. The summed E-state index contributed by atoms with van der Waals surface area (Å²) in [7, 11) is 1.54. The number of amides is 1. The van der Waals surface area contributed by atoms with E-state index in [1.165, 1.54) is 24.6 Å². The molecule has 108 valence electrons. The van der Waals surface area contributed by atoms with Gasteiger partial charge in [-0.2, -0.15) is 0 Å². The molecule has 0 saturated heterocycles. The molecule has 1 atom stereocenters. The lowest BCUT2D eigenvalue weighted by Crippen LogP contribution is -2.38. The van der Waals surface area contributed by atoms with Crippen LogP contribution in [0.1, 0.15) is 16.1 Å². The number of rotatable bonds is 6. The van der Waals surface area contributed by atoms with Gasteiger partial charge in [-0.3, -0.25) is 4.79 Å². The van der Waals surface area contributed by atoms with Crippen molar-refractivity contribution in [2.24, 2.45) is 0 Å². The first-order valence-electron chi connectivity index (χ1n) is 6.07. The maximum absolute atomic E-state index is 12.2. The van der Waals surface area contributed by atoms with E-state index in [0.717, 1.165) is 0 Å². The molecule has 0 fully saturated rings. The molecule has 0 radical (unpaired) electrons. The summed E-state index contributed by atoms with van der Waals surface area (Å²) in [5.41, 5.74) is 6.79. The molecule has 0 aliphatic rings. The predicted octanol–water partition coefficient (Wildman–Crippen LogP) is 0.401. The standard InChI is InChI=1S/C12H16N4O3S/c1-19-6-7(2-5-17)16-11(18)10-8(13)9-12(20-10)15-4-3-14-9/h3-4,7,17H,2,5-6,13H2,1H3,(H,16,18). The average molecular weight is 296 g/mol. The third kappa shape index (κ3) is 3.03. The number of carbonyl (C=O) groups is 1. The number of aromatic nitrogens is 2. The van der Waals surface area contributed by atoms with E-state index >= 15 is 0 Å². The number of ether oxygens (including phenoxy) is 1. The minimum atomic E-state index is -0.303. The van der Waals surface area contributed by atoms with Crippen LogP contribution in [0.25, 0.3) is 10.3 Å². The molecule has 0 aliphatic heterocycles. The van der Waals surface area contributed by atoms with Crippen LogP contribution in [0.5, 0.6) is 0 Å². The number of methoxy groups -OCH3 is 1. The summed E-state index contributed by atoms with van der Waals surface area (Å²) < 4.78 is 5.00. The van der Waals surface area contributed by atoms with Gasteiger partial charge in [0.15, 0.2) is 0 Å². The van der Waals surface area contributed by atoms with E-state index in [4.69, 9.17) is 15.6 Å². The zero-order chi connectivity index (χ0) is 14.5. The molecule has 8 heteroatoms. The van der Waals surface area contributed by atoms with Crippen molar-refractivity contribution < 1.29 is 14.6 Å². The zero-order valence-electron chi connectivity index (χ0n) is 11.0. The number of nitrogens with two attached hydrogens (primary N) is 1. The number of aliphatic hydroxyl groups excluding tert-OH is 1. The number of thiophene rings is 1. The van der Waals surface area contributed by atoms with E-state index in [-0.39, 0.29) is 18.6 Å². The molecule has 4 N–H and O–H groups in total. The molecule has 2 aromatic heterocycles. The van der Waals surface area contributed by atoms with Gasteiger partial charge in [0.25, 0.3) is 5.91 Å². The molecule has 20 heavy (non-hydrogen) atoms. The number of nitrogen functional groups attached to an aromatic ring is 1. The maximum atomic E-state index is 12.2. The van der Waals surface area contributed by atoms with Gasteiger partial charge in [0.2, 0.25) is 0 Å². The normalized spacial score (nSPS) is 12.5. The molecule has 7 nitrogen and oxygen atoms in total. The fourth-order valence-electron chi connectivity index (χ4n) is 1.82. The topological polar surface area (TPSA) is 110 Å². The van der Waals surface area contributed by atoms with Crippen molar-refractivity contribution in [2.45, 2.75) is 12.5 Å². The van der Waals surface area contributed by atoms with Crippen LogP contribution in [0, 0.1) is 0 Å². The number of carbonyl (C=O) groups excluding carboxylic acids is 1. The van der Waals surface area contributed by atoms with Gasteiger partial charge in [0.1, 0.15) is 15.2 Å². The quantitative estimate of drug-likeness (QED) is 0.711. The summed E-state index contributed by atoms with van der Waals surface area (Å²) in [4.78, 5) is 21.5. The molecule has 0 spiro atoms. The number of fused-ring (bicyclic) bond motifs is 1. The Hall–Kier alpha value is -1.77. The summed E-state index contributed by atoms with van der Waals surface area (Å²) in [6.07, 6.45) is 3.51. The fourth-order valence-corrected chi connectivity index (χ4v) is 2.74. The van der Waals surface area contributed by atoms with Gasteiger partial charge in [-0.15, -0.1) is 11.3 Å². The summed E-state index contributed by atoms with van der Waals surface area (Å²) in [6.45, 7) is 0.299. The Balaban J connectivity index is 2.20. The van der Waals surface area contributed by atoms with Gasteiger partial charge in [-0.05, 0) is 6.42 Å². The van der Waals surface area contributed by atoms with Crippen LogP contribution >= 0.6 is 11.3 Å². The smallest absolute Gasteiger partial charge is 0.263 e. The number of aliphatic hydroxyl groups is 1. The number of nitrogens with one attached hydrogen (secondary N) is 1. The zero-order valence-corrected chi connectivity index (χ0v) is 11.8. The lowest BCUT2D eigenvalue weighted by molar-refractivity contribution is 0.0883. The van der Waals surface area contributed by atoms with Crippen LogP contribution in [0.4, 0.5) is 5.69 Å². The third-order valence-electron chi connectivity index (χ3n) is 2.75. The molecular weight excluding hydrogens is 280 g/mol. The second-order valence-electron chi connectivity index (χ2n) is 4.19. The Morgan fingerprint density at radius 3 is 2.95 bits per heavy atom. The highest BCUT2D eigenvalue weighted by Gasteiger charge is 2.20. The molecule has 1 amide bonds. The number of nitrogens with zero attached hydrogens (tertiary/aromatic N) is 2. The van der Waals surface area contributed by atoms with Gasteiger partial charge < -0.3 is 20.9 Å². The Morgan fingerprint density at radius 1 is 1.55 bits per heavy atom. The number of hydrogen-bond acceptors (Lipinski definition) is 7. The first kappa shape index (κ1) is 14.6. The fraction of sp³-hybridized carbons (Fsp3) is 0.417. The number of hydrogen-bond donors (Lipinski definition) is 3. The second-order valence-corrected chi connectivity index (χ2v) is 5.19. The highest BCUT2D eigenvalue weighted by molar-refractivity contribution is 7.21. The van der Waals surface area contributed by atoms with Crippen molar-refractivity contribution in [2.75, 3.05) is 26.1 Å². The molecule has 0 aromatic carbocycles. The average Bonchev–Trinajstić information content (AvgIpc) is 2.77.